The van der Waals surface area contributed by atoms with Gasteiger partial charge in [-0.1, -0.05) is 35.4 Å². The highest BCUT2D eigenvalue weighted by atomic mass is 16.4. The maximum absolute atomic E-state index is 11.7. The molecule has 0 unspecified atom stereocenters. The third-order valence-electron chi connectivity index (χ3n) is 4.14. The van der Waals surface area contributed by atoms with Gasteiger partial charge in [0.15, 0.2) is 0 Å². The fourth-order valence-corrected chi connectivity index (χ4v) is 3.10. The fraction of sp³-hybridized carbons (Fsp3) is 0.200. The number of aromatic nitrogens is 1. The van der Waals surface area contributed by atoms with Crippen molar-refractivity contribution >= 4 is 16.9 Å². The van der Waals surface area contributed by atoms with Crippen molar-refractivity contribution in [2.24, 2.45) is 0 Å². The number of carboxylic acids is 1. The molecule has 116 valence electrons. The van der Waals surface area contributed by atoms with Crippen molar-refractivity contribution in [2.75, 3.05) is 0 Å². The number of hydrogen-bond donors (Lipinski definition) is 1. The van der Waals surface area contributed by atoms with E-state index < -0.39 is 5.97 Å². The van der Waals surface area contributed by atoms with Crippen LogP contribution in [0.5, 0.6) is 0 Å². The van der Waals surface area contributed by atoms with E-state index in [0.717, 1.165) is 27.8 Å². The molecule has 0 saturated heterocycles. The zero-order valence-electron chi connectivity index (χ0n) is 13.8. The van der Waals surface area contributed by atoms with Gasteiger partial charge in [0.2, 0.25) is 0 Å². The first-order chi connectivity index (χ1) is 10.9. The molecule has 23 heavy (non-hydrogen) atoms. The lowest BCUT2D eigenvalue weighted by Crippen LogP contribution is -2.02. The molecule has 0 amide bonds. The van der Waals surface area contributed by atoms with Crippen LogP contribution in [0.1, 0.15) is 32.6 Å². The Kier molecular flexibility index (Phi) is 3.64. The molecule has 0 saturated carbocycles. The molecular formula is C20H19NO2. The normalized spacial score (nSPS) is 11.0. The van der Waals surface area contributed by atoms with Crippen LogP contribution < -0.4 is 0 Å². The van der Waals surface area contributed by atoms with Crippen molar-refractivity contribution in [3.8, 4) is 11.3 Å². The van der Waals surface area contributed by atoms with E-state index in [0.29, 0.717) is 16.6 Å². The molecule has 0 atom stereocenters. The summed E-state index contributed by atoms with van der Waals surface area (Å²) in [5.41, 5.74) is 7.05. The molecule has 3 rings (SSSR count). The maximum atomic E-state index is 11.7. The minimum atomic E-state index is -0.923. The van der Waals surface area contributed by atoms with Gasteiger partial charge in [-0.3, -0.25) is 0 Å². The molecule has 0 spiro atoms. The third kappa shape index (κ3) is 2.70. The molecule has 3 nitrogen and oxygen atoms in total. The van der Waals surface area contributed by atoms with Crippen LogP contribution in [0.3, 0.4) is 0 Å². The Balaban J connectivity index is 2.37. The number of aromatic carboxylic acids is 1. The lowest BCUT2D eigenvalue weighted by molar-refractivity contribution is 0.0699. The monoisotopic (exact) mass is 305 g/mol. The van der Waals surface area contributed by atoms with E-state index in [1.807, 2.05) is 52.0 Å². The number of carboxylic acid groups (broad SMARTS) is 1. The SMILES string of the molecule is Cc1ccc(-c2cc(C(=O)O)c3cc(C)cc(C)c3n2)c(C)c1. The molecule has 0 bridgehead atoms. The zero-order chi connectivity index (χ0) is 16.7. The Morgan fingerprint density at radius 3 is 2.26 bits per heavy atom. The highest BCUT2D eigenvalue weighted by Gasteiger charge is 2.15. The second-order valence-electron chi connectivity index (χ2n) is 6.16. The minimum absolute atomic E-state index is 0.303. The van der Waals surface area contributed by atoms with Crippen LogP contribution in [0.2, 0.25) is 0 Å². The number of benzene rings is 2. The molecule has 1 heterocycles. The molecule has 0 fully saturated rings. The molecule has 2 aromatic carbocycles. The summed E-state index contributed by atoms with van der Waals surface area (Å²) >= 11 is 0. The number of fused-ring (bicyclic) bond motifs is 1. The molecule has 0 aliphatic heterocycles. The summed E-state index contributed by atoms with van der Waals surface area (Å²) < 4.78 is 0. The molecule has 3 aromatic rings. The topological polar surface area (TPSA) is 50.2 Å². The number of carbonyl (C=O) groups is 1. The summed E-state index contributed by atoms with van der Waals surface area (Å²) in [5.74, 6) is -0.923. The van der Waals surface area contributed by atoms with Gasteiger partial charge in [0.05, 0.1) is 16.8 Å². The maximum Gasteiger partial charge on any atom is 0.336 e. The molecule has 0 aliphatic carbocycles. The highest BCUT2D eigenvalue weighted by molar-refractivity contribution is 6.04. The van der Waals surface area contributed by atoms with Gasteiger partial charge in [0, 0.05) is 10.9 Å². The summed E-state index contributed by atoms with van der Waals surface area (Å²) in [5, 5.41) is 10.3. The zero-order valence-corrected chi connectivity index (χ0v) is 13.8. The van der Waals surface area contributed by atoms with Gasteiger partial charge in [0.1, 0.15) is 0 Å². The molecule has 0 radical (unpaired) electrons. The van der Waals surface area contributed by atoms with Crippen LogP contribution in [0.25, 0.3) is 22.2 Å². The second kappa shape index (κ2) is 5.51. The smallest absolute Gasteiger partial charge is 0.336 e. The molecule has 1 N–H and O–H groups in total. The van der Waals surface area contributed by atoms with Gasteiger partial charge in [-0.2, -0.15) is 0 Å². The Morgan fingerprint density at radius 1 is 0.913 bits per heavy atom. The Hall–Kier alpha value is -2.68. The summed E-state index contributed by atoms with van der Waals surface area (Å²) in [6.07, 6.45) is 0. The van der Waals surface area contributed by atoms with E-state index in [1.54, 1.807) is 6.07 Å². The summed E-state index contributed by atoms with van der Waals surface area (Å²) in [7, 11) is 0. The van der Waals surface area contributed by atoms with Crippen molar-refractivity contribution in [3.63, 3.8) is 0 Å². The van der Waals surface area contributed by atoms with Crippen LogP contribution >= 0.6 is 0 Å². The quantitative estimate of drug-likeness (QED) is 0.737. The Labute approximate surface area is 135 Å². The number of pyridine rings is 1. The number of rotatable bonds is 2. The minimum Gasteiger partial charge on any atom is -0.478 e. The van der Waals surface area contributed by atoms with Crippen molar-refractivity contribution in [1.29, 1.82) is 0 Å². The second-order valence-corrected chi connectivity index (χ2v) is 6.16. The summed E-state index contributed by atoms with van der Waals surface area (Å²) in [4.78, 5) is 16.5. The first-order valence-electron chi connectivity index (χ1n) is 7.60. The number of aryl methyl sites for hydroxylation is 4. The lowest BCUT2D eigenvalue weighted by Gasteiger charge is -2.12. The van der Waals surface area contributed by atoms with Crippen LogP contribution in [0.15, 0.2) is 36.4 Å². The Morgan fingerprint density at radius 2 is 1.61 bits per heavy atom. The van der Waals surface area contributed by atoms with Gasteiger partial charge in [0.25, 0.3) is 0 Å². The average Bonchev–Trinajstić information content (AvgIpc) is 2.46. The van der Waals surface area contributed by atoms with E-state index in [9.17, 15) is 9.90 Å². The molecular weight excluding hydrogens is 286 g/mol. The van der Waals surface area contributed by atoms with Crippen LogP contribution in [-0.4, -0.2) is 16.1 Å². The lowest BCUT2D eigenvalue weighted by atomic mass is 9.97. The van der Waals surface area contributed by atoms with E-state index in [4.69, 9.17) is 4.98 Å². The predicted molar refractivity (Wildman–Crippen MR) is 93.1 cm³/mol. The van der Waals surface area contributed by atoms with Crippen LogP contribution in [0.4, 0.5) is 0 Å². The van der Waals surface area contributed by atoms with Gasteiger partial charge >= 0.3 is 5.97 Å². The first kappa shape index (κ1) is 15.2. The van der Waals surface area contributed by atoms with E-state index in [-0.39, 0.29) is 0 Å². The van der Waals surface area contributed by atoms with E-state index >= 15 is 0 Å². The standard InChI is InChI=1S/C20H19NO2/c1-11-5-6-15(13(3)7-11)18-10-17(20(22)23)16-9-12(2)8-14(4)19(16)21-18/h5-10H,1-4H3,(H,22,23). The van der Waals surface area contributed by atoms with Gasteiger partial charge in [-0.15, -0.1) is 0 Å². The van der Waals surface area contributed by atoms with Crippen molar-refractivity contribution in [2.45, 2.75) is 27.7 Å². The third-order valence-corrected chi connectivity index (χ3v) is 4.14. The predicted octanol–water partition coefficient (Wildman–Crippen LogP) is 4.83. The number of hydrogen-bond acceptors (Lipinski definition) is 2. The van der Waals surface area contributed by atoms with Gasteiger partial charge < -0.3 is 5.11 Å². The molecule has 0 aliphatic rings. The summed E-state index contributed by atoms with van der Waals surface area (Å²) in [6.45, 7) is 8.01. The van der Waals surface area contributed by atoms with Crippen LogP contribution in [0, 0.1) is 27.7 Å². The number of nitrogens with zero attached hydrogens (tertiary/aromatic N) is 1. The average molecular weight is 305 g/mol. The van der Waals surface area contributed by atoms with Gasteiger partial charge in [-0.25, -0.2) is 9.78 Å². The van der Waals surface area contributed by atoms with E-state index in [1.165, 1.54) is 5.56 Å². The molecule has 3 heteroatoms. The van der Waals surface area contributed by atoms with E-state index in [2.05, 4.69) is 6.07 Å². The Bertz CT molecular complexity index is 942. The van der Waals surface area contributed by atoms with Crippen molar-refractivity contribution in [1.82, 2.24) is 4.98 Å². The fourth-order valence-electron chi connectivity index (χ4n) is 3.10. The largest absolute Gasteiger partial charge is 0.478 e. The highest BCUT2D eigenvalue weighted by Crippen LogP contribution is 2.29. The van der Waals surface area contributed by atoms with Crippen molar-refractivity contribution < 1.29 is 9.90 Å². The first-order valence-corrected chi connectivity index (χ1v) is 7.60. The molecule has 1 aromatic heterocycles. The van der Waals surface area contributed by atoms with Crippen LogP contribution in [-0.2, 0) is 0 Å². The van der Waals surface area contributed by atoms with Crippen molar-refractivity contribution in [3.05, 3.63) is 64.2 Å². The van der Waals surface area contributed by atoms with Gasteiger partial charge in [-0.05, 0) is 51.0 Å². The summed E-state index contributed by atoms with van der Waals surface area (Å²) in [6, 6.07) is 11.7.